The molecule has 120 heavy (non-hydrogen) atoms. The third-order valence-electron chi connectivity index (χ3n) is 19.5. The molecule has 0 radical (unpaired) electrons. The number of hydrogen-bond acceptors (Lipinski definition) is 18. The highest BCUT2D eigenvalue weighted by Crippen LogP contribution is 2.47. The first-order valence-electron chi connectivity index (χ1n) is 42.4. The molecule has 12 bridgehead atoms. The normalized spacial score (nSPS) is 13.7. The number of benzene rings is 6. The molecule has 18 nitrogen and oxygen atoms in total. The lowest BCUT2D eigenvalue weighted by atomic mass is 9.79. The topological polar surface area (TPSA) is 213 Å². The number of esters is 6. The van der Waals surface area contributed by atoms with Gasteiger partial charge in [-0.1, -0.05) is 197 Å². The van der Waals surface area contributed by atoms with Gasteiger partial charge in [-0.25, -0.2) is 28.8 Å². The summed E-state index contributed by atoms with van der Waals surface area (Å²) in [6.07, 6.45) is 0.600. The van der Waals surface area contributed by atoms with Crippen LogP contribution in [0.2, 0.25) is 0 Å². The van der Waals surface area contributed by atoms with E-state index in [2.05, 4.69) is 197 Å². The van der Waals surface area contributed by atoms with Gasteiger partial charge in [0.2, 0.25) is 0 Å². The lowest BCUT2D eigenvalue weighted by Gasteiger charge is -2.29. The Balaban J connectivity index is 1.85. The number of fused-ring (bicyclic) bond motifs is 12. The fraction of sp³-hybridized carbons (Fsp3) is 0.588. The highest BCUT2D eigenvalue weighted by molar-refractivity contribution is 5.76. The molecule has 1 aliphatic rings. The number of carbonyl (C=O) groups excluding carboxylic acids is 6. The second kappa shape index (κ2) is 36.5. The summed E-state index contributed by atoms with van der Waals surface area (Å²) in [7, 11) is 0. The fourth-order valence-electron chi connectivity index (χ4n) is 14.1. The van der Waals surface area contributed by atoms with Gasteiger partial charge < -0.3 is 56.8 Å². The van der Waals surface area contributed by atoms with Gasteiger partial charge in [-0.3, -0.25) is 0 Å². The third kappa shape index (κ3) is 29.6. The minimum absolute atomic E-state index is 0.1000. The molecule has 0 N–H and O–H groups in total. The van der Waals surface area contributed by atoms with Gasteiger partial charge in [0.15, 0.2) is 39.6 Å². The Bertz CT molecular complexity index is 3810. The average molecular weight is 1660 g/mol. The van der Waals surface area contributed by atoms with Crippen LogP contribution in [-0.4, -0.2) is 109 Å². The Morgan fingerprint density at radius 3 is 0.350 bits per heavy atom. The molecule has 1 aliphatic carbocycles. The van der Waals surface area contributed by atoms with Crippen molar-refractivity contribution in [2.75, 3.05) is 39.6 Å². The third-order valence-corrected chi connectivity index (χ3v) is 19.5. The molecule has 0 saturated carbocycles. The molecule has 0 heterocycles. The van der Waals surface area contributed by atoms with Gasteiger partial charge in [0.05, 0.1) is 0 Å². The zero-order valence-electron chi connectivity index (χ0n) is 79.8. The SMILES string of the molecule is CC(C)(C)OC(=O)COc1c2cc(C(C)(C)C)cc1Cc1cc(C(C)(C)C)cc(c1OCC(=O)OC(C)(C)C)Cc1cc(C(C)(C)C)cc(c1OCC(=O)OC(C)(C)C)Cc1cc(C(C)(C)C)cc(c1OCC(=O)OC(C)(C)C)Cc1cc(C(C)(C)C)cc(c1OCC(=O)OC(C)(C)C)Cc1cc(C(C)(C)C)cc(c1OCC(=O)OC(C)(C)C)C2. The van der Waals surface area contributed by atoms with Crippen LogP contribution < -0.4 is 28.4 Å². The molecule has 0 unspecified atom stereocenters. The van der Waals surface area contributed by atoms with E-state index in [1.54, 1.807) is 125 Å². The molecular weight excluding hydrogens is 1510 g/mol. The van der Waals surface area contributed by atoms with Crippen LogP contribution in [0.25, 0.3) is 0 Å². The fourth-order valence-corrected chi connectivity index (χ4v) is 14.1. The van der Waals surface area contributed by atoms with Crippen molar-refractivity contribution < 1.29 is 85.6 Å². The summed E-state index contributed by atoms with van der Waals surface area (Å²) < 4.78 is 78.9. The molecule has 0 aromatic heterocycles. The van der Waals surface area contributed by atoms with Crippen molar-refractivity contribution in [1.29, 1.82) is 0 Å². The van der Waals surface area contributed by atoms with E-state index >= 15 is 0 Å². The molecule has 6 aromatic carbocycles. The summed E-state index contributed by atoms with van der Waals surface area (Å²) in [4.78, 5) is 86.5. The molecule has 0 spiro atoms. The average Bonchev–Trinajstić information content (AvgIpc) is 0.765. The van der Waals surface area contributed by atoms with E-state index in [0.717, 1.165) is 33.4 Å². The maximum Gasteiger partial charge on any atom is 0.344 e. The van der Waals surface area contributed by atoms with Crippen LogP contribution in [0.1, 0.15) is 349 Å². The summed E-state index contributed by atoms with van der Waals surface area (Å²) in [5.74, 6) is -1.40. The summed E-state index contributed by atoms with van der Waals surface area (Å²) >= 11 is 0. The predicted octanol–water partition coefficient (Wildman–Crippen LogP) is 21.7. The Kier molecular flexibility index (Phi) is 29.9. The number of ether oxygens (including phenoxy) is 12. The van der Waals surface area contributed by atoms with Crippen LogP contribution >= 0.6 is 0 Å². The maximum absolute atomic E-state index is 14.4. The van der Waals surface area contributed by atoms with Crippen molar-refractivity contribution in [3.05, 3.63) is 173 Å². The molecule has 18 heteroatoms. The van der Waals surface area contributed by atoms with Crippen molar-refractivity contribution in [3.8, 4) is 34.5 Å². The highest BCUT2D eigenvalue weighted by atomic mass is 16.6. The maximum atomic E-state index is 14.4. The van der Waals surface area contributed by atoms with Crippen LogP contribution in [0.4, 0.5) is 0 Å². The second-order valence-corrected chi connectivity index (χ2v) is 44.6. The monoisotopic (exact) mass is 1660 g/mol. The minimum atomic E-state index is -0.879. The van der Waals surface area contributed by atoms with Crippen molar-refractivity contribution >= 4 is 35.8 Å². The van der Waals surface area contributed by atoms with Crippen LogP contribution in [0.15, 0.2) is 72.8 Å². The molecule has 0 amide bonds. The van der Waals surface area contributed by atoms with E-state index in [-0.39, 0.29) is 38.5 Å². The van der Waals surface area contributed by atoms with Crippen LogP contribution in [-0.2, 0) is 128 Å². The van der Waals surface area contributed by atoms with E-state index in [1.165, 1.54) is 0 Å². The van der Waals surface area contributed by atoms with Crippen molar-refractivity contribution in [1.82, 2.24) is 0 Å². The Morgan fingerprint density at radius 2 is 0.275 bits per heavy atom. The molecule has 660 valence electrons. The van der Waals surface area contributed by atoms with Crippen molar-refractivity contribution in [3.63, 3.8) is 0 Å². The van der Waals surface area contributed by atoms with Gasteiger partial charge in [0.1, 0.15) is 68.1 Å². The van der Waals surface area contributed by atoms with Gasteiger partial charge >= 0.3 is 35.8 Å². The van der Waals surface area contributed by atoms with Crippen molar-refractivity contribution in [2.45, 2.75) is 354 Å². The van der Waals surface area contributed by atoms with Gasteiger partial charge in [-0.05, 0) is 257 Å². The lowest BCUT2D eigenvalue weighted by molar-refractivity contribution is -0.158. The molecule has 0 saturated heterocycles. The zero-order chi connectivity index (χ0) is 90.8. The molecule has 7 rings (SSSR count). The number of rotatable bonds is 18. The van der Waals surface area contributed by atoms with Crippen LogP contribution in [0.5, 0.6) is 34.5 Å². The van der Waals surface area contributed by atoms with Crippen LogP contribution in [0, 0.1) is 0 Å². The Labute approximate surface area is 718 Å². The second-order valence-electron chi connectivity index (χ2n) is 44.6. The predicted molar refractivity (Wildman–Crippen MR) is 476 cm³/mol. The van der Waals surface area contributed by atoms with E-state index in [9.17, 15) is 28.8 Å². The molecule has 0 aliphatic heterocycles. The van der Waals surface area contributed by atoms with E-state index in [4.69, 9.17) is 56.8 Å². The van der Waals surface area contributed by atoms with Crippen molar-refractivity contribution in [2.24, 2.45) is 0 Å². The quantitative estimate of drug-likeness (QED) is 0.0577. The smallest absolute Gasteiger partial charge is 0.344 e. The minimum Gasteiger partial charge on any atom is -0.481 e. The summed E-state index contributed by atoms with van der Waals surface area (Å²) in [5.41, 5.74) is 4.99. The lowest BCUT2D eigenvalue weighted by Crippen LogP contribution is -2.28. The van der Waals surface area contributed by atoms with Gasteiger partial charge in [0.25, 0.3) is 0 Å². The first-order chi connectivity index (χ1) is 54.4. The molecule has 0 atom stereocenters. The largest absolute Gasteiger partial charge is 0.481 e. The number of carbonyl (C=O) groups is 6. The number of hydrogen-bond donors (Lipinski definition) is 0. The molecular formula is C102H144O18. The summed E-state index contributed by atoms with van der Waals surface area (Å²) in [6, 6.07) is 25.4. The Morgan fingerprint density at radius 1 is 0.183 bits per heavy atom. The first kappa shape index (κ1) is 98.1. The first-order valence-corrected chi connectivity index (χ1v) is 42.4. The highest BCUT2D eigenvalue weighted by Gasteiger charge is 2.35. The van der Waals surface area contributed by atoms with Gasteiger partial charge in [-0.2, -0.15) is 0 Å². The van der Waals surface area contributed by atoms with Gasteiger partial charge in [-0.15, -0.1) is 0 Å². The Hall–Kier alpha value is -9.06. The molecule has 0 fully saturated rings. The summed E-state index contributed by atoms with van der Waals surface area (Å²) in [5, 5.41) is 0. The summed E-state index contributed by atoms with van der Waals surface area (Å²) in [6.45, 7) is 68.1. The molecule has 6 aromatic rings. The zero-order valence-corrected chi connectivity index (χ0v) is 79.8. The van der Waals surface area contributed by atoms with E-state index in [1.807, 2.05) is 0 Å². The van der Waals surface area contributed by atoms with Gasteiger partial charge in [0, 0.05) is 38.5 Å². The van der Waals surface area contributed by atoms with E-state index < -0.39 is 142 Å². The van der Waals surface area contributed by atoms with Crippen LogP contribution in [0.3, 0.4) is 0 Å². The van der Waals surface area contributed by atoms with E-state index in [0.29, 0.717) is 101 Å². The standard InChI is InChI=1S/C102H144O18/c1-91(2,3)73-43-61-37-63-45-74(92(4,5)6)47-65(86(63)110-56-80(104)116-98(22,23)24)39-67-49-76(94(10,11)12)51-69(88(67)112-58-82(106)118-100(28,29)30)41-71-53-78(96(16,17)18)54-72(90(71)114-60-84(108)120-102(34,35)36)42-70-52-77(95(13,14)15)50-68(89(70)113-59-83(107)119-101(31,32)33)40-66-48-75(93(7,8)9)46-64(87(66)111-57-81(105)117-99(25,26)27)38-62(44-73)85(61)109-55-79(103)115-97(19,20)21/h43-54H,37-42,55-60H2,1-36H3.